The maximum atomic E-state index is 13.5. The van der Waals surface area contributed by atoms with Crippen molar-refractivity contribution < 1.29 is 18.4 Å². The fraction of sp³-hybridized carbons (Fsp3) is 0.125. The van der Waals surface area contributed by atoms with Crippen LogP contribution in [-0.4, -0.2) is 17.9 Å². The summed E-state index contributed by atoms with van der Waals surface area (Å²) < 4.78 is 27.2. The number of benzene rings is 2. The first-order valence-electron chi connectivity index (χ1n) is 6.69. The van der Waals surface area contributed by atoms with Crippen LogP contribution in [0.25, 0.3) is 0 Å². The van der Waals surface area contributed by atoms with E-state index in [1.54, 1.807) is 6.07 Å². The number of hydrogen-bond donors (Lipinski definition) is 2. The predicted octanol–water partition coefficient (Wildman–Crippen LogP) is 3.48. The average molecular weight is 383 g/mol. The van der Waals surface area contributed by atoms with E-state index in [4.69, 9.17) is 0 Å². The maximum Gasteiger partial charge on any atom is 0.252 e. The molecule has 0 aromatic heterocycles. The second-order valence-electron chi connectivity index (χ2n) is 4.82. The van der Waals surface area contributed by atoms with E-state index in [9.17, 15) is 18.4 Å². The highest BCUT2D eigenvalue weighted by molar-refractivity contribution is 9.10. The first-order valence-corrected chi connectivity index (χ1v) is 7.48. The fourth-order valence-electron chi connectivity index (χ4n) is 1.83. The second kappa shape index (κ2) is 7.32. The SMILES string of the molecule is CC(NC(=O)c1cc(F)cc(Br)c1)C(=O)Nc1ccccc1F. The summed E-state index contributed by atoms with van der Waals surface area (Å²) in [5.41, 5.74) is 0.0921. The molecule has 120 valence electrons. The minimum atomic E-state index is -0.927. The molecule has 0 bridgehead atoms. The third-order valence-corrected chi connectivity index (χ3v) is 3.46. The van der Waals surface area contributed by atoms with Crippen LogP contribution in [0.3, 0.4) is 0 Å². The zero-order valence-corrected chi connectivity index (χ0v) is 13.7. The smallest absolute Gasteiger partial charge is 0.252 e. The molecule has 0 saturated carbocycles. The third kappa shape index (κ3) is 4.59. The number of halogens is 3. The minimum Gasteiger partial charge on any atom is -0.341 e. The molecule has 2 N–H and O–H groups in total. The quantitative estimate of drug-likeness (QED) is 0.850. The van der Waals surface area contributed by atoms with E-state index >= 15 is 0 Å². The molecule has 0 heterocycles. The monoisotopic (exact) mass is 382 g/mol. The van der Waals surface area contributed by atoms with Crippen LogP contribution < -0.4 is 10.6 Å². The van der Waals surface area contributed by atoms with E-state index in [0.717, 1.165) is 6.07 Å². The number of carbonyl (C=O) groups excluding carboxylic acids is 2. The molecule has 0 aliphatic rings. The van der Waals surface area contributed by atoms with Crippen molar-refractivity contribution in [3.05, 3.63) is 64.1 Å². The van der Waals surface area contributed by atoms with Gasteiger partial charge in [-0.05, 0) is 37.3 Å². The highest BCUT2D eigenvalue weighted by Crippen LogP contribution is 2.15. The Labute approximate surface area is 140 Å². The normalized spacial score (nSPS) is 11.7. The van der Waals surface area contributed by atoms with Gasteiger partial charge in [0.25, 0.3) is 5.91 Å². The molecule has 2 aromatic rings. The summed E-state index contributed by atoms with van der Waals surface area (Å²) in [5, 5.41) is 4.81. The lowest BCUT2D eigenvalue weighted by Crippen LogP contribution is -2.41. The van der Waals surface area contributed by atoms with Crippen LogP contribution in [0.4, 0.5) is 14.5 Å². The molecular weight excluding hydrogens is 370 g/mol. The zero-order chi connectivity index (χ0) is 17.0. The summed E-state index contributed by atoms with van der Waals surface area (Å²) in [6.45, 7) is 1.45. The number of hydrogen-bond acceptors (Lipinski definition) is 2. The molecule has 2 aromatic carbocycles. The lowest BCUT2D eigenvalue weighted by Gasteiger charge is -2.14. The van der Waals surface area contributed by atoms with E-state index in [1.165, 1.54) is 37.3 Å². The van der Waals surface area contributed by atoms with Gasteiger partial charge in [0.1, 0.15) is 17.7 Å². The van der Waals surface area contributed by atoms with Gasteiger partial charge in [0.2, 0.25) is 5.91 Å². The Bertz CT molecular complexity index is 732. The van der Waals surface area contributed by atoms with Crippen molar-refractivity contribution >= 4 is 33.4 Å². The number of rotatable bonds is 4. The Balaban J connectivity index is 2.03. The molecule has 23 heavy (non-hydrogen) atoms. The van der Waals surface area contributed by atoms with Gasteiger partial charge in [-0.25, -0.2) is 8.78 Å². The minimum absolute atomic E-state index is 0.0205. The molecule has 1 atom stereocenters. The summed E-state index contributed by atoms with van der Waals surface area (Å²) in [5.74, 6) is -2.35. The van der Waals surface area contributed by atoms with Crippen molar-refractivity contribution in [1.29, 1.82) is 0 Å². The van der Waals surface area contributed by atoms with Crippen molar-refractivity contribution in [2.45, 2.75) is 13.0 Å². The number of nitrogens with one attached hydrogen (secondary N) is 2. The van der Waals surface area contributed by atoms with E-state index < -0.39 is 29.5 Å². The molecule has 1 unspecified atom stereocenters. The highest BCUT2D eigenvalue weighted by atomic mass is 79.9. The maximum absolute atomic E-state index is 13.5. The van der Waals surface area contributed by atoms with Gasteiger partial charge in [-0.1, -0.05) is 28.1 Å². The summed E-state index contributed by atoms with van der Waals surface area (Å²) in [7, 11) is 0. The number of anilines is 1. The van der Waals surface area contributed by atoms with Crippen LogP contribution in [0, 0.1) is 11.6 Å². The van der Waals surface area contributed by atoms with Crippen LogP contribution in [-0.2, 0) is 4.79 Å². The number of amides is 2. The van der Waals surface area contributed by atoms with Crippen molar-refractivity contribution in [2.75, 3.05) is 5.32 Å². The average Bonchev–Trinajstić information content (AvgIpc) is 2.48. The van der Waals surface area contributed by atoms with Crippen molar-refractivity contribution in [3.63, 3.8) is 0 Å². The summed E-state index contributed by atoms with van der Waals surface area (Å²) >= 11 is 3.09. The molecule has 0 radical (unpaired) electrons. The van der Waals surface area contributed by atoms with Gasteiger partial charge in [-0.2, -0.15) is 0 Å². The Morgan fingerprint density at radius 3 is 2.48 bits per heavy atom. The van der Waals surface area contributed by atoms with E-state index in [1.807, 2.05) is 0 Å². The first kappa shape index (κ1) is 17.1. The van der Waals surface area contributed by atoms with Crippen LogP contribution in [0.15, 0.2) is 46.9 Å². The Morgan fingerprint density at radius 2 is 1.83 bits per heavy atom. The standard InChI is InChI=1S/C16H13BrF2N2O2/c1-9(15(22)21-14-5-3-2-4-13(14)19)20-16(23)10-6-11(17)8-12(18)7-10/h2-9H,1H3,(H,20,23)(H,21,22). The molecule has 4 nitrogen and oxygen atoms in total. The molecule has 0 spiro atoms. The van der Waals surface area contributed by atoms with Gasteiger partial charge >= 0.3 is 0 Å². The predicted molar refractivity (Wildman–Crippen MR) is 86.1 cm³/mol. The zero-order valence-electron chi connectivity index (χ0n) is 12.1. The van der Waals surface area contributed by atoms with Gasteiger partial charge in [0.05, 0.1) is 5.69 Å². The van der Waals surface area contributed by atoms with Gasteiger partial charge in [0.15, 0.2) is 0 Å². The summed E-state index contributed by atoms with van der Waals surface area (Å²) in [6.07, 6.45) is 0. The Morgan fingerprint density at radius 1 is 1.13 bits per heavy atom. The largest absolute Gasteiger partial charge is 0.341 e. The molecule has 0 saturated heterocycles. The van der Waals surface area contributed by atoms with E-state index in [-0.39, 0.29) is 11.3 Å². The first-order chi connectivity index (χ1) is 10.9. The molecule has 0 aliphatic heterocycles. The molecular formula is C16H13BrF2N2O2. The van der Waals surface area contributed by atoms with Crippen LogP contribution in [0.2, 0.25) is 0 Å². The number of para-hydroxylation sites is 1. The third-order valence-electron chi connectivity index (χ3n) is 3.00. The Kier molecular flexibility index (Phi) is 5.44. The lowest BCUT2D eigenvalue weighted by molar-refractivity contribution is -0.117. The lowest BCUT2D eigenvalue weighted by atomic mass is 10.2. The van der Waals surface area contributed by atoms with Crippen LogP contribution >= 0.6 is 15.9 Å². The van der Waals surface area contributed by atoms with Crippen molar-refractivity contribution in [1.82, 2.24) is 5.32 Å². The number of carbonyl (C=O) groups is 2. The van der Waals surface area contributed by atoms with Gasteiger partial charge in [-0.3, -0.25) is 9.59 Å². The molecule has 2 amide bonds. The highest BCUT2D eigenvalue weighted by Gasteiger charge is 2.18. The van der Waals surface area contributed by atoms with Gasteiger partial charge < -0.3 is 10.6 Å². The van der Waals surface area contributed by atoms with Crippen LogP contribution in [0.1, 0.15) is 17.3 Å². The van der Waals surface area contributed by atoms with Crippen LogP contribution in [0.5, 0.6) is 0 Å². The Hall–Kier alpha value is -2.28. The van der Waals surface area contributed by atoms with E-state index in [2.05, 4.69) is 26.6 Å². The molecule has 2 rings (SSSR count). The van der Waals surface area contributed by atoms with Gasteiger partial charge in [0, 0.05) is 10.0 Å². The fourth-order valence-corrected chi connectivity index (χ4v) is 2.30. The molecule has 0 fully saturated rings. The molecule has 0 aliphatic carbocycles. The summed E-state index contributed by atoms with van der Waals surface area (Å²) in [6, 6.07) is 8.47. The molecule has 7 heteroatoms. The van der Waals surface area contributed by atoms with Gasteiger partial charge in [-0.15, -0.1) is 0 Å². The van der Waals surface area contributed by atoms with E-state index in [0.29, 0.717) is 4.47 Å². The second-order valence-corrected chi connectivity index (χ2v) is 5.74. The van der Waals surface area contributed by atoms with Crippen molar-refractivity contribution in [3.8, 4) is 0 Å². The van der Waals surface area contributed by atoms with Crippen molar-refractivity contribution in [2.24, 2.45) is 0 Å². The summed E-state index contributed by atoms with van der Waals surface area (Å²) in [4.78, 5) is 24.0. The topological polar surface area (TPSA) is 58.2 Å².